The highest BCUT2D eigenvalue weighted by Gasteiger charge is 2.43. The molecule has 27 heavy (non-hydrogen) atoms. The molecule has 2 aromatic rings. The molecule has 1 atom stereocenters. The van der Waals surface area contributed by atoms with Gasteiger partial charge in [-0.3, -0.25) is 4.79 Å². The van der Waals surface area contributed by atoms with Gasteiger partial charge in [-0.25, -0.2) is 0 Å². The normalized spacial score (nSPS) is 22.8. The third-order valence-corrected chi connectivity index (χ3v) is 7.23. The van der Waals surface area contributed by atoms with Gasteiger partial charge in [0.25, 0.3) is 0 Å². The van der Waals surface area contributed by atoms with Crippen molar-refractivity contribution in [2.45, 2.75) is 50.5 Å². The first kappa shape index (κ1) is 18.9. The molecule has 0 saturated carbocycles. The largest absolute Gasteiger partial charge is 0.377 e. The number of rotatable bonds is 6. The molecule has 2 aliphatic rings. The molecule has 0 spiro atoms. The Balaban J connectivity index is 1.58. The average Bonchev–Trinajstić information content (AvgIpc) is 3.41. The van der Waals surface area contributed by atoms with E-state index in [1.165, 1.54) is 28.8 Å². The van der Waals surface area contributed by atoms with E-state index in [0.717, 1.165) is 39.1 Å². The minimum Gasteiger partial charge on any atom is -0.377 e. The minimum absolute atomic E-state index is 0.326. The van der Waals surface area contributed by atoms with Gasteiger partial charge >= 0.3 is 0 Å². The van der Waals surface area contributed by atoms with Crippen LogP contribution in [0.1, 0.15) is 44.6 Å². The van der Waals surface area contributed by atoms with Gasteiger partial charge in [0.15, 0.2) is 0 Å². The molecule has 0 radical (unpaired) electrons. The summed E-state index contributed by atoms with van der Waals surface area (Å²) in [5, 5.41) is 2.15. The Bertz CT molecular complexity index is 756. The fourth-order valence-corrected chi connectivity index (χ4v) is 5.73. The number of ketones is 1. The lowest BCUT2D eigenvalue weighted by atomic mass is 9.68. The quantitative estimate of drug-likeness (QED) is 0.710. The maximum absolute atomic E-state index is 13.2. The van der Waals surface area contributed by atoms with Crippen molar-refractivity contribution in [1.82, 2.24) is 4.90 Å². The number of nitrogens with zero attached hydrogens (tertiary/aromatic N) is 1. The van der Waals surface area contributed by atoms with Gasteiger partial charge in [-0.2, -0.15) is 0 Å². The van der Waals surface area contributed by atoms with Crippen molar-refractivity contribution in [2.24, 2.45) is 0 Å². The van der Waals surface area contributed by atoms with Crippen LogP contribution in [0, 0.1) is 0 Å². The molecule has 3 heterocycles. The average molecular weight is 384 g/mol. The van der Waals surface area contributed by atoms with Crippen LogP contribution in [0.2, 0.25) is 0 Å². The van der Waals surface area contributed by atoms with Crippen LogP contribution in [-0.4, -0.2) is 43.0 Å². The van der Waals surface area contributed by atoms with Crippen LogP contribution in [0.4, 0.5) is 0 Å². The lowest BCUT2D eigenvalue weighted by molar-refractivity contribution is -0.126. The molecule has 3 nitrogen and oxygen atoms in total. The van der Waals surface area contributed by atoms with Gasteiger partial charge in [-0.1, -0.05) is 37.3 Å². The second-order valence-electron chi connectivity index (χ2n) is 7.82. The van der Waals surface area contributed by atoms with E-state index in [-0.39, 0.29) is 5.41 Å². The van der Waals surface area contributed by atoms with E-state index in [0.29, 0.717) is 18.3 Å². The summed E-state index contributed by atoms with van der Waals surface area (Å²) in [6.07, 6.45) is 5.20. The molecule has 1 aromatic carbocycles. The van der Waals surface area contributed by atoms with Gasteiger partial charge in [0.05, 0.1) is 11.5 Å². The number of piperidine rings is 1. The summed E-state index contributed by atoms with van der Waals surface area (Å²) in [5.41, 5.74) is 2.15. The first-order chi connectivity index (χ1) is 13.2. The number of thiophene rings is 1. The van der Waals surface area contributed by atoms with Gasteiger partial charge in [-0.15, -0.1) is 11.3 Å². The van der Waals surface area contributed by atoms with Crippen molar-refractivity contribution in [3.63, 3.8) is 0 Å². The van der Waals surface area contributed by atoms with Crippen molar-refractivity contribution in [3.8, 4) is 10.4 Å². The van der Waals surface area contributed by atoms with E-state index in [9.17, 15) is 4.79 Å². The summed E-state index contributed by atoms with van der Waals surface area (Å²) in [4.78, 5) is 17.0. The molecule has 4 rings (SSSR count). The van der Waals surface area contributed by atoms with Crippen LogP contribution in [0.25, 0.3) is 10.4 Å². The Morgan fingerprint density at radius 1 is 1.22 bits per heavy atom. The van der Waals surface area contributed by atoms with Crippen LogP contribution in [-0.2, 0) is 14.9 Å². The van der Waals surface area contributed by atoms with E-state index in [1.807, 2.05) is 13.0 Å². The highest BCUT2D eigenvalue weighted by atomic mass is 32.1. The topological polar surface area (TPSA) is 29.5 Å². The molecule has 2 aliphatic heterocycles. The summed E-state index contributed by atoms with van der Waals surface area (Å²) < 4.78 is 5.82. The Morgan fingerprint density at radius 2 is 2.00 bits per heavy atom. The number of ether oxygens (including phenoxy) is 1. The Kier molecular flexibility index (Phi) is 5.76. The number of carbonyl (C=O) groups is 1. The molecule has 2 fully saturated rings. The van der Waals surface area contributed by atoms with Gasteiger partial charge in [0, 0.05) is 24.4 Å². The highest BCUT2D eigenvalue weighted by Crippen LogP contribution is 2.44. The minimum atomic E-state index is -0.326. The predicted octanol–water partition coefficient (Wildman–Crippen LogP) is 4.91. The summed E-state index contributed by atoms with van der Waals surface area (Å²) in [6, 6.07) is 12.7. The van der Waals surface area contributed by atoms with Crippen molar-refractivity contribution in [3.05, 3.63) is 47.3 Å². The molecule has 0 N–H and O–H groups in total. The molecule has 1 unspecified atom stereocenters. The summed E-state index contributed by atoms with van der Waals surface area (Å²) in [7, 11) is 0. The molecule has 1 aromatic heterocycles. The van der Waals surface area contributed by atoms with E-state index in [4.69, 9.17) is 4.74 Å². The van der Waals surface area contributed by atoms with Crippen molar-refractivity contribution < 1.29 is 9.53 Å². The van der Waals surface area contributed by atoms with Crippen molar-refractivity contribution in [2.75, 3.05) is 26.2 Å². The number of hydrogen-bond acceptors (Lipinski definition) is 4. The third-order valence-electron chi connectivity index (χ3n) is 6.27. The molecular formula is C23H29NO2S. The monoisotopic (exact) mass is 383 g/mol. The second-order valence-corrected chi connectivity index (χ2v) is 8.74. The molecule has 0 bridgehead atoms. The zero-order valence-electron chi connectivity index (χ0n) is 16.2. The van der Waals surface area contributed by atoms with Crippen LogP contribution in [0.5, 0.6) is 0 Å². The van der Waals surface area contributed by atoms with E-state index in [1.54, 1.807) is 11.3 Å². The van der Waals surface area contributed by atoms with Gasteiger partial charge < -0.3 is 9.64 Å². The van der Waals surface area contributed by atoms with Crippen molar-refractivity contribution >= 4 is 17.1 Å². The highest BCUT2D eigenvalue weighted by molar-refractivity contribution is 7.13. The fraction of sp³-hybridized carbons (Fsp3) is 0.522. The zero-order valence-corrected chi connectivity index (χ0v) is 17.0. The van der Waals surface area contributed by atoms with Crippen LogP contribution < -0.4 is 0 Å². The molecule has 0 aliphatic carbocycles. The van der Waals surface area contributed by atoms with E-state index in [2.05, 4.69) is 40.6 Å². The maximum Gasteiger partial charge on any atom is 0.143 e. The molecule has 0 amide bonds. The SMILES string of the molecule is CCC(=O)C1(c2ccsc2-c2ccccc2)CCN(CC2CCCO2)CC1. The standard InChI is InChI=1S/C23H29NO2S/c1-2-21(25)23(11-13-24(14-12-23)17-19-9-6-15-26-19)20-10-16-27-22(20)18-7-4-3-5-8-18/h3-5,7-8,10,16,19H,2,6,9,11-15,17H2,1H3. The number of carbonyl (C=O) groups excluding carboxylic acids is 1. The lowest BCUT2D eigenvalue weighted by Gasteiger charge is -2.42. The number of hydrogen-bond donors (Lipinski definition) is 0. The Labute approximate surface area is 166 Å². The summed E-state index contributed by atoms with van der Waals surface area (Å²) >= 11 is 1.76. The molecule has 144 valence electrons. The van der Waals surface area contributed by atoms with Gasteiger partial charge in [0.2, 0.25) is 0 Å². The number of Topliss-reactive ketones (excluding diaryl/α,β-unsaturated/α-hetero) is 1. The van der Waals surface area contributed by atoms with E-state index < -0.39 is 0 Å². The predicted molar refractivity (Wildman–Crippen MR) is 111 cm³/mol. The third kappa shape index (κ3) is 3.75. The first-order valence-electron chi connectivity index (χ1n) is 10.2. The summed E-state index contributed by atoms with van der Waals surface area (Å²) in [5.74, 6) is 0.398. The lowest BCUT2D eigenvalue weighted by Crippen LogP contribution is -2.48. The number of benzene rings is 1. The first-order valence-corrected chi connectivity index (χ1v) is 11.1. The molecular weight excluding hydrogens is 354 g/mol. The smallest absolute Gasteiger partial charge is 0.143 e. The number of likely N-dealkylation sites (tertiary alicyclic amines) is 1. The van der Waals surface area contributed by atoms with Crippen LogP contribution in [0.3, 0.4) is 0 Å². The van der Waals surface area contributed by atoms with Crippen LogP contribution >= 0.6 is 11.3 Å². The Morgan fingerprint density at radius 3 is 2.67 bits per heavy atom. The summed E-state index contributed by atoms with van der Waals surface area (Å²) in [6.45, 7) is 5.90. The zero-order chi connectivity index (χ0) is 18.7. The molecule has 2 saturated heterocycles. The fourth-order valence-electron chi connectivity index (χ4n) is 4.73. The van der Waals surface area contributed by atoms with Gasteiger partial charge in [0.1, 0.15) is 5.78 Å². The molecule has 4 heteroatoms. The van der Waals surface area contributed by atoms with Crippen molar-refractivity contribution in [1.29, 1.82) is 0 Å². The van der Waals surface area contributed by atoms with Gasteiger partial charge in [-0.05, 0) is 61.3 Å². The van der Waals surface area contributed by atoms with Crippen LogP contribution in [0.15, 0.2) is 41.8 Å². The maximum atomic E-state index is 13.2. The van der Waals surface area contributed by atoms with E-state index >= 15 is 0 Å². The second kappa shape index (κ2) is 8.26. The Hall–Kier alpha value is -1.49.